The van der Waals surface area contributed by atoms with Crippen LogP contribution in [0.5, 0.6) is 11.5 Å². The predicted molar refractivity (Wildman–Crippen MR) is 116 cm³/mol. The summed E-state index contributed by atoms with van der Waals surface area (Å²) in [4.78, 5) is 21.2. The number of carbonyl (C=O) groups excluding carboxylic acids is 1. The van der Waals surface area contributed by atoms with Crippen LogP contribution < -0.4 is 14.8 Å². The number of aromatic nitrogens is 2. The van der Waals surface area contributed by atoms with Gasteiger partial charge in [0, 0.05) is 35.6 Å². The molecule has 0 saturated heterocycles. The molecule has 2 aromatic carbocycles. The van der Waals surface area contributed by atoms with E-state index < -0.39 is 0 Å². The molecule has 3 rings (SSSR count). The summed E-state index contributed by atoms with van der Waals surface area (Å²) in [6, 6.07) is 13.3. The Labute approximate surface area is 174 Å². The molecule has 0 fully saturated rings. The molecule has 0 spiro atoms. The Hall–Kier alpha value is -3.06. The molecule has 0 saturated carbocycles. The average molecular weight is 410 g/mol. The maximum atomic E-state index is 12.4. The number of benzene rings is 2. The van der Waals surface area contributed by atoms with Gasteiger partial charge in [-0.25, -0.2) is 9.97 Å². The maximum Gasteiger partial charge on any atom is 0.234 e. The highest BCUT2D eigenvalue weighted by Gasteiger charge is 2.09. The summed E-state index contributed by atoms with van der Waals surface area (Å²) >= 11 is 1.29. The van der Waals surface area contributed by atoms with Crippen molar-refractivity contribution >= 4 is 23.4 Å². The van der Waals surface area contributed by atoms with Gasteiger partial charge in [0.05, 0.1) is 25.7 Å². The number of rotatable bonds is 7. The first-order valence-electron chi connectivity index (χ1n) is 9.05. The van der Waals surface area contributed by atoms with E-state index in [1.807, 2.05) is 12.1 Å². The Bertz CT molecular complexity index is 1000. The fourth-order valence-electron chi connectivity index (χ4n) is 2.68. The lowest BCUT2D eigenvalue weighted by molar-refractivity contribution is -0.113. The van der Waals surface area contributed by atoms with Crippen molar-refractivity contribution in [3.63, 3.8) is 0 Å². The molecule has 3 aromatic rings. The number of aryl methyl sites for hydroxylation is 2. The number of ether oxygens (including phenoxy) is 2. The molecule has 0 bridgehead atoms. The number of hydrogen-bond donors (Lipinski definition) is 1. The van der Waals surface area contributed by atoms with Crippen LogP contribution in [0, 0.1) is 13.8 Å². The van der Waals surface area contributed by atoms with Crippen molar-refractivity contribution in [1.82, 2.24) is 9.97 Å². The van der Waals surface area contributed by atoms with Crippen LogP contribution in [-0.2, 0) is 4.79 Å². The molecule has 6 nitrogen and oxygen atoms in total. The molecule has 0 aliphatic rings. The number of amides is 1. The molecule has 7 heteroatoms. The van der Waals surface area contributed by atoms with Crippen LogP contribution in [0.25, 0.3) is 11.3 Å². The number of nitrogens with one attached hydrogen (secondary N) is 1. The minimum Gasteiger partial charge on any atom is -0.497 e. The van der Waals surface area contributed by atoms with Gasteiger partial charge in [0.15, 0.2) is 5.16 Å². The maximum absolute atomic E-state index is 12.4. The standard InChI is InChI=1S/C22H23N3O3S/c1-14-5-6-16(9-15(14)2)20-7-8-23-22(25-20)29-13-21(26)24-17-10-18(27-3)12-19(11-17)28-4/h5-12H,13H2,1-4H3,(H,24,26). The number of nitrogens with zero attached hydrogens (tertiary/aromatic N) is 2. The van der Waals surface area contributed by atoms with Gasteiger partial charge in [-0.2, -0.15) is 0 Å². The minimum atomic E-state index is -0.162. The zero-order valence-electron chi connectivity index (χ0n) is 16.9. The molecule has 0 unspecified atom stereocenters. The van der Waals surface area contributed by atoms with E-state index in [1.54, 1.807) is 38.6 Å². The SMILES string of the molecule is COc1cc(NC(=O)CSc2nccc(-c3ccc(C)c(C)c3)n2)cc(OC)c1. The van der Waals surface area contributed by atoms with Crippen LogP contribution >= 0.6 is 11.8 Å². The van der Waals surface area contributed by atoms with Crippen molar-refractivity contribution in [2.75, 3.05) is 25.3 Å². The van der Waals surface area contributed by atoms with Crippen molar-refractivity contribution in [1.29, 1.82) is 0 Å². The normalized spacial score (nSPS) is 10.5. The van der Waals surface area contributed by atoms with E-state index in [0.717, 1.165) is 11.3 Å². The number of hydrogen-bond acceptors (Lipinski definition) is 6. The summed E-state index contributed by atoms with van der Waals surface area (Å²) in [6.45, 7) is 4.16. The summed E-state index contributed by atoms with van der Waals surface area (Å²) in [5.41, 5.74) is 4.93. The Balaban J connectivity index is 1.65. The van der Waals surface area contributed by atoms with Gasteiger partial charge in [0.25, 0.3) is 0 Å². The third-order valence-corrected chi connectivity index (χ3v) is 5.27. The van der Waals surface area contributed by atoms with Crippen LogP contribution in [0.3, 0.4) is 0 Å². The summed E-state index contributed by atoms with van der Waals surface area (Å²) in [6.07, 6.45) is 1.71. The second kappa shape index (κ2) is 9.43. The quantitative estimate of drug-likeness (QED) is 0.457. The van der Waals surface area contributed by atoms with E-state index in [4.69, 9.17) is 9.47 Å². The zero-order valence-corrected chi connectivity index (χ0v) is 17.7. The molecule has 1 aromatic heterocycles. The molecule has 0 atom stereocenters. The van der Waals surface area contributed by atoms with Gasteiger partial charge in [-0.1, -0.05) is 23.9 Å². The van der Waals surface area contributed by atoms with E-state index in [0.29, 0.717) is 22.3 Å². The Morgan fingerprint density at radius 3 is 2.38 bits per heavy atom. The molecular formula is C22H23N3O3S. The third-order valence-electron chi connectivity index (χ3n) is 4.40. The lowest BCUT2D eigenvalue weighted by Gasteiger charge is -2.10. The first-order chi connectivity index (χ1) is 14.0. The first kappa shape index (κ1) is 20.7. The van der Waals surface area contributed by atoms with E-state index in [9.17, 15) is 4.79 Å². The van der Waals surface area contributed by atoms with E-state index >= 15 is 0 Å². The number of carbonyl (C=O) groups is 1. The summed E-state index contributed by atoms with van der Waals surface area (Å²) in [5, 5.41) is 3.40. The smallest absolute Gasteiger partial charge is 0.234 e. The van der Waals surface area contributed by atoms with Crippen molar-refractivity contribution < 1.29 is 14.3 Å². The number of methoxy groups -OCH3 is 2. The Morgan fingerprint density at radius 1 is 1.00 bits per heavy atom. The van der Waals surface area contributed by atoms with Crippen molar-refractivity contribution in [2.45, 2.75) is 19.0 Å². The van der Waals surface area contributed by atoms with Gasteiger partial charge in [-0.05, 0) is 37.1 Å². The molecule has 29 heavy (non-hydrogen) atoms. The zero-order chi connectivity index (χ0) is 20.8. The second-order valence-electron chi connectivity index (χ2n) is 6.46. The lowest BCUT2D eigenvalue weighted by atomic mass is 10.0. The molecule has 1 amide bonds. The Kier molecular flexibility index (Phi) is 6.72. The van der Waals surface area contributed by atoms with E-state index in [2.05, 4.69) is 41.3 Å². The molecule has 150 valence electrons. The van der Waals surface area contributed by atoms with Gasteiger partial charge in [-0.15, -0.1) is 0 Å². The van der Waals surface area contributed by atoms with Crippen LogP contribution in [-0.4, -0.2) is 35.8 Å². The van der Waals surface area contributed by atoms with Crippen LogP contribution in [0.4, 0.5) is 5.69 Å². The van der Waals surface area contributed by atoms with Gasteiger partial charge >= 0.3 is 0 Å². The van der Waals surface area contributed by atoms with Crippen molar-refractivity contribution in [3.8, 4) is 22.8 Å². The van der Waals surface area contributed by atoms with Gasteiger partial charge in [0.2, 0.25) is 5.91 Å². The monoisotopic (exact) mass is 409 g/mol. The van der Waals surface area contributed by atoms with Gasteiger partial charge in [-0.3, -0.25) is 4.79 Å². The fraction of sp³-hybridized carbons (Fsp3) is 0.227. The van der Waals surface area contributed by atoms with E-state index in [-0.39, 0.29) is 11.7 Å². The van der Waals surface area contributed by atoms with Crippen LogP contribution in [0.1, 0.15) is 11.1 Å². The highest BCUT2D eigenvalue weighted by molar-refractivity contribution is 7.99. The average Bonchev–Trinajstić information content (AvgIpc) is 2.74. The molecule has 0 radical (unpaired) electrons. The first-order valence-corrected chi connectivity index (χ1v) is 10.0. The van der Waals surface area contributed by atoms with Crippen LogP contribution in [0.15, 0.2) is 53.8 Å². The minimum absolute atomic E-state index is 0.162. The van der Waals surface area contributed by atoms with E-state index in [1.165, 1.54) is 22.9 Å². The Morgan fingerprint density at radius 2 is 1.72 bits per heavy atom. The number of thioether (sulfide) groups is 1. The number of anilines is 1. The lowest BCUT2D eigenvalue weighted by Crippen LogP contribution is -2.14. The largest absolute Gasteiger partial charge is 0.497 e. The highest BCUT2D eigenvalue weighted by atomic mass is 32.2. The second-order valence-corrected chi connectivity index (χ2v) is 7.40. The van der Waals surface area contributed by atoms with Gasteiger partial charge in [0.1, 0.15) is 11.5 Å². The molecule has 0 aliphatic carbocycles. The summed E-state index contributed by atoms with van der Waals surface area (Å²) < 4.78 is 10.4. The summed E-state index contributed by atoms with van der Waals surface area (Å²) in [7, 11) is 3.13. The molecule has 0 aliphatic heterocycles. The third kappa shape index (κ3) is 5.48. The van der Waals surface area contributed by atoms with Crippen molar-refractivity contribution in [2.24, 2.45) is 0 Å². The predicted octanol–water partition coefficient (Wildman–Crippen LogP) is 4.51. The van der Waals surface area contributed by atoms with Gasteiger partial charge < -0.3 is 14.8 Å². The molecule has 1 N–H and O–H groups in total. The van der Waals surface area contributed by atoms with Crippen molar-refractivity contribution in [3.05, 3.63) is 59.8 Å². The molecule has 1 heterocycles. The summed E-state index contributed by atoms with van der Waals surface area (Å²) in [5.74, 6) is 1.24. The topological polar surface area (TPSA) is 73.3 Å². The molecular weight excluding hydrogens is 386 g/mol. The van der Waals surface area contributed by atoms with Crippen LogP contribution in [0.2, 0.25) is 0 Å². The fourth-order valence-corrected chi connectivity index (χ4v) is 3.31. The highest BCUT2D eigenvalue weighted by Crippen LogP contribution is 2.26.